The highest BCUT2D eigenvalue weighted by Crippen LogP contribution is 2.32. The first-order valence-electron chi connectivity index (χ1n) is 11.4. The van der Waals surface area contributed by atoms with Gasteiger partial charge < -0.3 is 19.5 Å². The molecular weight excluding hydrogens is 448 g/mol. The predicted molar refractivity (Wildman–Crippen MR) is 132 cm³/mol. The second kappa shape index (κ2) is 11.0. The van der Waals surface area contributed by atoms with Crippen LogP contribution in [-0.4, -0.2) is 64.3 Å². The van der Waals surface area contributed by atoms with Gasteiger partial charge in [-0.25, -0.2) is 9.67 Å². The molecule has 0 radical (unpaired) electrons. The van der Waals surface area contributed by atoms with E-state index in [2.05, 4.69) is 27.6 Å². The SMILES string of the molecule is COCCn1nc(-c2ccc(OCC(=O)NC(C)C)c(OC)c2)nc1Cc1ccc2[nH]ncc2c1. The molecule has 4 rings (SSSR count). The molecule has 2 aromatic carbocycles. The van der Waals surface area contributed by atoms with E-state index >= 15 is 0 Å². The average Bonchev–Trinajstić information content (AvgIpc) is 3.47. The van der Waals surface area contributed by atoms with Gasteiger partial charge in [0.05, 0.1) is 32.0 Å². The van der Waals surface area contributed by atoms with Gasteiger partial charge in [-0.2, -0.15) is 10.2 Å². The smallest absolute Gasteiger partial charge is 0.258 e. The van der Waals surface area contributed by atoms with Crippen molar-refractivity contribution in [1.29, 1.82) is 0 Å². The zero-order valence-corrected chi connectivity index (χ0v) is 20.4. The Balaban J connectivity index is 1.57. The number of nitrogens with zero attached hydrogens (tertiary/aromatic N) is 4. The molecular formula is C25H30N6O4. The highest BCUT2D eigenvalue weighted by Gasteiger charge is 2.16. The lowest BCUT2D eigenvalue weighted by Gasteiger charge is -2.12. The van der Waals surface area contributed by atoms with Gasteiger partial charge in [0.25, 0.3) is 5.91 Å². The predicted octanol–water partition coefficient (Wildman–Crippen LogP) is 2.97. The Hall–Kier alpha value is -3.92. The maximum Gasteiger partial charge on any atom is 0.258 e. The van der Waals surface area contributed by atoms with Crippen molar-refractivity contribution >= 4 is 16.8 Å². The largest absolute Gasteiger partial charge is 0.493 e. The fourth-order valence-corrected chi connectivity index (χ4v) is 3.70. The first-order chi connectivity index (χ1) is 17.0. The zero-order chi connectivity index (χ0) is 24.8. The fourth-order valence-electron chi connectivity index (χ4n) is 3.70. The lowest BCUT2D eigenvalue weighted by Crippen LogP contribution is -2.34. The van der Waals surface area contributed by atoms with Crippen LogP contribution in [0.25, 0.3) is 22.3 Å². The van der Waals surface area contributed by atoms with Crippen LogP contribution in [0.3, 0.4) is 0 Å². The Kier molecular flexibility index (Phi) is 7.61. The fraction of sp³-hybridized carbons (Fsp3) is 0.360. The molecule has 0 saturated heterocycles. The van der Waals surface area contributed by atoms with Crippen molar-refractivity contribution in [3.05, 3.63) is 54.0 Å². The Labute approximate surface area is 203 Å². The van der Waals surface area contributed by atoms with E-state index in [9.17, 15) is 4.79 Å². The van der Waals surface area contributed by atoms with Gasteiger partial charge >= 0.3 is 0 Å². The highest BCUT2D eigenvalue weighted by atomic mass is 16.5. The van der Waals surface area contributed by atoms with Crippen LogP contribution in [0, 0.1) is 0 Å². The number of aromatic amines is 1. The molecule has 0 unspecified atom stereocenters. The molecule has 0 aliphatic rings. The number of carbonyl (C=O) groups excluding carboxylic acids is 1. The lowest BCUT2D eigenvalue weighted by molar-refractivity contribution is -0.123. The van der Waals surface area contributed by atoms with Crippen LogP contribution < -0.4 is 14.8 Å². The monoisotopic (exact) mass is 478 g/mol. The number of methoxy groups -OCH3 is 2. The molecule has 0 saturated carbocycles. The summed E-state index contributed by atoms with van der Waals surface area (Å²) in [6.07, 6.45) is 2.42. The molecule has 10 heteroatoms. The minimum absolute atomic E-state index is 0.0467. The van der Waals surface area contributed by atoms with Crippen LogP contribution >= 0.6 is 0 Å². The van der Waals surface area contributed by atoms with Gasteiger partial charge in [-0.3, -0.25) is 9.89 Å². The van der Waals surface area contributed by atoms with E-state index in [1.54, 1.807) is 20.3 Å². The molecule has 0 aliphatic carbocycles. The Bertz CT molecular complexity index is 1300. The molecule has 0 bridgehead atoms. The number of carbonyl (C=O) groups is 1. The molecule has 4 aromatic rings. The van der Waals surface area contributed by atoms with Crippen molar-refractivity contribution in [1.82, 2.24) is 30.3 Å². The van der Waals surface area contributed by atoms with E-state index in [-0.39, 0.29) is 18.6 Å². The van der Waals surface area contributed by atoms with Gasteiger partial charge in [-0.05, 0) is 49.7 Å². The van der Waals surface area contributed by atoms with Gasteiger partial charge in [0, 0.05) is 30.5 Å². The van der Waals surface area contributed by atoms with Crippen molar-refractivity contribution in [3.63, 3.8) is 0 Å². The molecule has 1 amide bonds. The summed E-state index contributed by atoms with van der Waals surface area (Å²) in [5.74, 6) is 2.18. The summed E-state index contributed by atoms with van der Waals surface area (Å²) in [5.41, 5.74) is 2.88. The second-order valence-corrected chi connectivity index (χ2v) is 8.41. The van der Waals surface area contributed by atoms with Gasteiger partial charge in [-0.1, -0.05) is 6.07 Å². The Morgan fingerprint density at radius 1 is 1.14 bits per heavy atom. The van der Waals surface area contributed by atoms with Crippen molar-refractivity contribution < 1.29 is 19.0 Å². The molecule has 0 atom stereocenters. The third kappa shape index (κ3) is 5.96. The number of fused-ring (bicyclic) bond motifs is 1. The molecule has 0 spiro atoms. The summed E-state index contributed by atoms with van der Waals surface area (Å²) >= 11 is 0. The topological polar surface area (TPSA) is 116 Å². The number of aromatic nitrogens is 5. The van der Waals surface area contributed by atoms with E-state index in [4.69, 9.17) is 24.3 Å². The lowest BCUT2D eigenvalue weighted by atomic mass is 10.1. The summed E-state index contributed by atoms with van der Waals surface area (Å²) in [4.78, 5) is 16.8. The summed E-state index contributed by atoms with van der Waals surface area (Å²) in [5, 5.41) is 15.6. The van der Waals surface area contributed by atoms with Crippen LogP contribution in [0.5, 0.6) is 11.5 Å². The highest BCUT2D eigenvalue weighted by molar-refractivity contribution is 5.78. The van der Waals surface area contributed by atoms with Crippen LogP contribution in [0.15, 0.2) is 42.6 Å². The van der Waals surface area contributed by atoms with E-state index in [1.165, 1.54) is 0 Å². The number of hydrogen-bond acceptors (Lipinski definition) is 7. The number of hydrogen-bond donors (Lipinski definition) is 2. The molecule has 2 aromatic heterocycles. The van der Waals surface area contributed by atoms with E-state index in [0.29, 0.717) is 36.9 Å². The van der Waals surface area contributed by atoms with E-state index in [0.717, 1.165) is 27.9 Å². The Morgan fingerprint density at radius 2 is 2.00 bits per heavy atom. The Morgan fingerprint density at radius 3 is 2.77 bits per heavy atom. The third-order valence-corrected chi connectivity index (χ3v) is 5.35. The quantitative estimate of drug-likeness (QED) is 0.340. The summed E-state index contributed by atoms with van der Waals surface area (Å²) in [6, 6.07) is 11.6. The number of benzene rings is 2. The van der Waals surface area contributed by atoms with Crippen molar-refractivity contribution in [2.75, 3.05) is 27.4 Å². The van der Waals surface area contributed by atoms with Crippen LogP contribution in [-0.2, 0) is 22.5 Å². The van der Waals surface area contributed by atoms with Gasteiger partial charge in [-0.15, -0.1) is 0 Å². The minimum atomic E-state index is -0.192. The molecule has 184 valence electrons. The van der Waals surface area contributed by atoms with Gasteiger partial charge in [0.1, 0.15) is 5.82 Å². The molecule has 2 N–H and O–H groups in total. The van der Waals surface area contributed by atoms with Crippen molar-refractivity contribution in [3.8, 4) is 22.9 Å². The van der Waals surface area contributed by atoms with Gasteiger partial charge in [0.15, 0.2) is 23.9 Å². The number of nitrogens with one attached hydrogen (secondary N) is 2. The molecule has 35 heavy (non-hydrogen) atoms. The summed E-state index contributed by atoms with van der Waals surface area (Å²) in [7, 11) is 3.22. The molecule has 0 aliphatic heterocycles. The third-order valence-electron chi connectivity index (χ3n) is 5.35. The van der Waals surface area contributed by atoms with Crippen molar-refractivity contribution in [2.24, 2.45) is 0 Å². The standard InChI is InChI=1S/C25H30N6O4/c1-16(2)27-24(32)15-35-21-8-6-18(13-22(21)34-4)25-28-23(31(30-25)9-10-33-3)12-17-5-7-20-19(11-17)14-26-29-20/h5-8,11,13-14,16H,9-10,12,15H2,1-4H3,(H,26,29)(H,27,32). The number of rotatable bonds is 11. The minimum Gasteiger partial charge on any atom is -0.493 e. The average molecular weight is 479 g/mol. The summed E-state index contributed by atoms with van der Waals surface area (Å²) in [6.45, 7) is 4.80. The molecule has 10 nitrogen and oxygen atoms in total. The maximum absolute atomic E-state index is 11.9. The van der Waals surface area contributed by atoms with Crippen molar-refractivity contribution in [2.45, 2.75) is 32.9 Å². The normalized spacial score (nSPS) is 11.2. The van der Waals surface area contributed by atoms with Crippen LogP contribution in [0.2, 0.25) is 0 Å². The zero-order valence-electron chi connectivity index (χ0n) is 20.4. The number of H-pyrrole nitrogens is 1. The number of ether oxygens (including phenoxy) is 3. The number of amides is 1. The van der Waals surface area contributed by atoms with Gasteiger partial charge in [0.2, 0.25) is 0 Å². The molecule has 0 fully saturated rings. The van der Waals surface area contributed by atoms with Crippen LogP contribution in [0.4, 0.5) is 0 Å². The molecule has 2 heterocycles. The maximum atomic E-state index is 11.9. The van der Waals surface area contributed by atoms with Crippen LogP contribution in [0.1, 0.15) is 25.2 Å². The first kappa shape index (κ1) is 24.2. The van der Waals surface area contributed by atoms with E-state index in [1.807, 2.05) is 42.9 Å². The van der Waals surface area contributed by atoms with E-state index < -0.39 is 0 Å². The summed E-state index contributed by atoms with van der Waals surface area (Å²) < 4.78 is 18.3. The second-order valence-electron chi connectivity index (χ2n) is 8.41. The first-order valence-corrected chi connectivity index (χ1v) is 11.4.